The van der Waals surface area contributed by atoms with Crippen LogP contribution in [0.3, 0.4) is 0 Å². The summed E-state index contributed by atoms with van der Waals surface area (Å²) in [5.74, 6) is -2.71. The monoisotopic (exact) mass is 496 g/mol. The van der Waals surface area contributed by atoms with Gasteiger partial charge in [-0.2, -0.15) is 0 Å². The molecular weight excluding hydrogens is 464 g/mol. The zero-order valence-corrected chi connectivity index (χ0v) is 20.2. The predicted molar refractivity (Wildman–Crippen MR) is 132 cm³/mol. The Kier molecular flexibility index (Phi) is 8.35. The van der Waals surface area contributed by atoms with Gasteiger partial charge in [0.15, 0.2) is 5.78 Å². The SMILES string of the molecule is O=C(OCCCCCCN1CCN(CCO)CC1)c1cc(O)c2c(c1)C(=O)c1cccc(O)c1C2=O. The third kappa shape index (κ3) is 5.59. The highest BCUT2D eigenvalue weighted by Gasteiger charge is 2.35. The summed E-state index contributed by atoms with van der Waals surface area (Å²) in [5.41, 5.74) is -0.423. The standard InChI is InChI=1S/C27H32N2O7/c30-14-13-29-11-9-28(10-12-29)8-3-1-2-4-15-36-27(35)18-16-20-24(22(32)17-18)26(34)23-19(25(20)33)6-5-7-21(23)31/h5-7,16-17,30-32H,1-4,8-15H2. The second kappa shape index (κ2) is 11.6. The Bertz CT molecular complexity index is 1140. The molecule has 1 saturated heterocycles. The zero-order valence-electron chi connectivity index (χ0n) is 20.2. The molecule has 1 heterocycles. The number of aliphatic hydroxyl groups excluding tert-OH is 1. The lowest BCUT2D eigenvalue weighted by Crippen LogP contribution is -2.47. The van der Waals surface area contributed by atoms with E-state index in [-0.39, 0.29) is 46.8 Å². The minimum absolute atomic E-state index is 0.00339. The Balaban J connectivity index is 1.24. The number of aromatic hydroxyl groups is 2. The van der Waals surface area contributed by atoms with E-state index in [9.17, 15) is 24.6 Å². The molecule has 0 aromatic heterocycles. The number of fused-ring (bicyclic) bond motifs is 2. The third-order valence-corrected chi connectivity index (χ3v) is 6.82. The van der Waals surface area contributed by atoms with Crippen molar-refractivity contribution in [1.29, 1.82) is 0 Å². The lowest BCUT2D eigenvalue weighted by molar-refractivity contribution is 0.0496. The largest absolute Gasteiger partial charge is 0.507 e. The van der Waals surface area contributed by atoms with Gasteiger partial charge in [-0.15, -0.1) is 0 Å². The molecule has 2 aromatic carbocycles. The number of carbonyl (C=O) groups excluding carboxylic acids is 3. The van der Waals surface area contributed by atoms with E-state index in [1.165, 1.54) is 24.3 Å². The van der Waals surface area contributed by atoms with Crippen LogP contribution >= 0.6 is 0 Å². The summed E-state index contributed by atoms with van der Waals surface area (Å²) in [6.07, 6.45) is 3.72. The van der Waals surface area contributed by atoms with E-state index in [4.69, 9.17) is 9.84 Å². The first-order valence-corrected chi connectivity index (χ1v) is 12.4. The number of esters is 1. The van der Waals surface area contributed by atoms with E-state index in [1.54, 1.807) is 0 Å². The first-order valence-electron chi connectivity index (χ1n) is 12.4. The minimum atomic E-state index is -0.671. The van der Waals surface area contributed by atoms with E-state index in [0.29, 0.717) is 6.42 Å². The first-order chi connectivity index (χ1) is 17.4. The van der Waals surface area contributed by atoms with Crippen LogP contribution in [0.4, 0.5) is 0 Å². The van der Waals surface area contributed by atoms with Gasteiger partial charge in [0.05, 0.1) is 29.9 Å². The van der Waals surface area contributed by atoms with Crippen LogP contribution in [0.25, 0.3) is 0 Å². The van der Waals surface area contributed by atoms with E-state index in [1.807, 2.05) is 0 Å². The molecule has 0 amide bonds. The predicted octanol–water partition coefficient (Wildman–Crippen LogP) is 2.20. The van der Waals surface area contributed by atoms with Crippen molar-refractivity contribution in [3.63, 3.8) is 0 Å². The Morgan fingerprint density at radius 2 is 1.47 bits per heavy atom. The number of benzene rings is 2. The summed E-state index contributed by atoms with van der Waals surface area (Å²) in [6.45, 7) is 6.22. The number of β-amino-alcohol motifs (C(OH)–C–C–N with tert-alkyl or cyclic N) is 1. The number of unbranched alkanes of at least 4 members (excludes halogenated alkanes) is 3. The fourth-order valence-electron chi connectivity index (χ4n) is 4.82. The summed E-state index contributed by atoms with van der Waals surface area (Å²) in [7, 11) is 0. The van der Waals surface area contributed by atoms with Crippen LogP contribution < -0.4 is 0 Å². The van der Waals surface area contributed by atoms with Crippen LogP contribution in [0, 0.1) is 0 Å². The average Bonchev–Trinajstić information content (AvgIpc) is 2.87. The Hall–Kier alpha value is -3.27. The van der Waals surface area contributed by atoms with E-state index >= 15 is 0 Å². The normalized spacial score (nSPS) is 16.0. The highest BCUT2D eigenvalue weighted by atomic mass is 16.5. The summed E-state index contributed by atoms with van der Waals surface area (Å²) in [4.78, 5) is 43.0. The maximum atomic E-state index is 12.9. The minimum Gasteiger partial charge on any atom is -0.507 e. The first kappa shape index (κ1) is 25.8. The molecule has 2 aliphatic rings. The molecule has 2 aromatic rings. The van der Waals surface area contributed by atoms with E-state index in [0.717, 1.165) is 64.6 Å². The molecule has 1 fully saturated rings. The van der Waals surface area contributed by atoms with Crippen molar-refractivity contribution in [3.05, 3.63) is 58.1 Å². The number of ketones is 2. The van der Waals surface area contributed by atoms with Crippen molar-refractivity contribution < 1.29 is 34.4 Å². The fraction of sp³-hybridized carbons (Fsp3) is 0.444. The fourth-order valence-corrected chi connectivity index (χ4v) is 4.82. The summed E-state index contributed by atoms with van der Waals surface area (Å²) >= 11 is 0. The molecule has 0 radical (unpaired) electrons. The molecule has 0 spiro atoms. The number of phenols is 2. The van der Waals surface area contributed by atoms with Crippen molar-refractivity contribution in [2.75, 3.05) is 52.5 Å². The van der Waals surface area contributed by atoms with Gasteiger partial charge in [-0.1, -0.05) is 25.0 Å². The summed E-state index contributed by atoms with van der Waals surface area (Å²) < 4.78 is 5.33. The maximum absolute atomic E-state index is 12.9. The molecule has 1 aliphatic heterocycles. The topological polar surface area (TPSA) is 128 Å². The van der Waals surface area contributed by atoms with Crippen LogP contribution in [0.2, 0.25) is 0 Å². The molecule has 0 bridgehead atoms. The van der Waals surface area contributed by atoms with Gasteiger partial charge in [0.2, 0.25) is 5.78 Å². The average molecular weight is 497 g/mol. The van der Waals surface area contributed by atoms with Gasteiger partial charge in [0.1, 0.15) is 11.5 Å². The van der Waals surface area contributed by atoms with Crippen LogP contribution in [0.5, 0.6) is 11.5 Å². The van der Waals surface area contributed by atoms with Crippen LogP contribution in [-0.2, 0) is 4.74 Å². The Morgan fingerprint density at radius 1 is 0.806 bits per heavy atom. The molecule has 36 heavy (non-hydrogen) atoms. The zero-order chi connectivity index (χ0) is 25.7. The smallest absolute Gasteiger partial charge is 0.338 e. The molecule has 0 saturated carbocycles. The van der Waals surface area contributed by atoms with Crippen molar-refractivity contribution in [3.8, 4) is 11.5 Å². The number of hydrogen-bond donors (Lipinski definition) is 3. The molecule has 3 N–H and O–H groups in total. The third-order valence-electron chi connectivity index (χ3n) is 6.82. The lowest BCUT2D eigenvalue weighted by atomic mass is 9.82. The van der Waals surface area contributed by atoms with Gasteiger partial charge in [-0.05, 0) is 37.6 Å². The van der Waals surface area contributed by atoms with Gasteiger partial charge in [0, 0.05) is 43.9 Å². The molecule has 9 heteroatoms. The molecular formula is C27H32N2O7. The highest BCUT2D eigenvalue weighted by Crippen LogP contribution is 2.37. The van der Waals surface area contributed by atoms with Gasteiger partial charge < -0.3 is 25.0 Å². The number of carbonyl (C=O) groups is 3. The van der Waals surface area contributed by atoms with Crippen molar-refractivity contribution >= 4 is 17.5 Å². The van der Waals surface area contributed by atoms with E-state index < -0.39 is 23.3 Å². The maximum Gasteiger partial charge on any atom is 0.338 e. The molecule has 0 atom stereocenters. The highest BCUT2D eigenvalue weighted by molar-refractivity contribution is 6.30. The van der Waals surface area contributed by atoms with Crippen molar-refractivity contribution in [2.24, 2.45) is 0 Å². The molecule has 1 aliphatic carbocycles. The Morgan fingerprint density at radius 3 is 2.19 bits per heavy atom. The Labute approximate surface area is 209 Å². The molecule has 9 nitrogen and oxygen atoms in total. The lowest BCUT2D eigenvalue weighted by Gasteiger charge is -2.34. The molecule has 192 valence electrons. The summed E-state index contributed by atoms with van der Waals surface area (Å²) in [6, 6.07) is 6.58. The van der Waals surface area contributed by atoms with Crippen molar-refractivity contribution in [2.45, 2.75) is 25.7 Å². The molecule has 0 unspecified atom stereocenters. The number of piperazine rings is 1. The molecule has 4 rings (SSSR count). The van der Waals surface area contributed by atoms with Crippen LogP contribution in [-0.4, -0.2) is 95.1 Å². The number of aliphatic hydroxyl groups is 1. The number of hydrogen-bond acceptors (Lipinski definition) is 9. The second-order valence-corrected chi connectivity index (χ2v) is 9.23. The number of nitrogens with zero attached hydrogens (tertiary/aromatic N) is 2. The van der Waals surface area contributed by atoms with Gasteiger partial charge in [-0.3, -0.25) is 14.5 Å². The van der Waals surface area contributed by atoms with Crippen LogP contribution in [0.15, 0.2) is 30.3 Å². The number of ether oxygens (including phenoxy) is 1. The number of phenolic OH excluding ortho intramolecular Hbond substituents is 2. The van der Waals surface area contributed by atoms with Gasteiger partial charge >= 0.3 is 5.97 Å². The van der Waals surface area contributed by atoms with E-state index in [2.05, 4.69) is 9.80 Å². The quantitative estimate of drug-likeness (QED) is 0.286. The second-order valence-electron chi connectivity index (χ2n) is 9.23. The summed E-state index contributed by atoms with van der Waals surface area (Å²) in [5, 5.41) is 29.5. The van der Waals surface area contributed by atoms with Crippen molar-refractivity contribution in [1.82, 2.24) is 9.80 Å². The number of rotatable bonds is 10. The van der Waals surface area contributed by atoms with Gasteiger partial charge in [0.25, 0.3) is 0 Å². The van der Waals surface area contributed by atoms with Crippen LogP contribution in [0.1, 0.15) is 67.9 Å². The van der Waals surface area contributed by atoms with Gasteiger partial charge in [-0.25, -0.2) is 4.79 Å².